The Bertz CT molecular complexity index is 159. The molecule has 1 aliphatic rings. The molecule has 76 valence electrons. The van der Waals surface area contributed by atoms with Crippen molar-refractivity contribution in [1.82, 2.24) is 0 Å². The molecule has 1 rings (SSSR count). The van der Waals surface area contributed by atoms with Crippen LogP contribution < -0.4 is 0 Å². The molecule has 2 nitrogen and oxygen atoms in total. The SMILES string of the molecule is CCC(CC1CCCCO1)C(C)=O. The molecule has 0 aliphatic carbocycles. The van der Waals surface area contributed by atoms with Gasteiger partial charge in [-0.05, 0) is 39.0 Å². The van der Waals surface area contributed by atoms with Gasteiger partial charge in [-0.2, -0.15) is 0 Å². The van der Waals surface area contributed by atoms with Crippen LogP contribution in [0.15, 0.2) is 0 Å². The van der Waals surface area contributed by atoms with Crippen LogP contribution in [0, 0.1) is 5.92 Å². The monoisotopic (exact) mass is 184 g/mol. The molecule has 1 aliphatic heterocycles. The van der Waals surface area contributed by atoms with E-state index >= 15 is 0 Å². The van der Waals surface area contributed by atoms with Gasteiger partial charge in [-0.3, -0.25) is 4.79 Å². The second-order valence-electron chi connectivity index (χ2n) is 3.94. The molecule has 13 heavy (non-hydrogen) atoms. The zero-order valence-corrected chi connectivity index (χ0v) is 8.71. The van der Waals surface area contributed by atoms with Gasteiger partial charge in [0.25, 0.3) is 0 Å². The first-order valence-electron chi connectivity index (χ1n) is 5.36. The Hall–Kier alpha value is -0.370. The van der Waals surface area contributed by atoms with Gasteiger partial charge >= 0.3 is 0 Å². The van der Waals surface area contributed by atoms with E-state index in [9.17, 15) is 4.79 Å². The molecular weight excluding hydrogens is 164 g/mol. The molecule has 2 atom stereocenters. The first-order chi connectivity index (χ1) is 6.24. The molecule has 1 heterocycles. The molecule has 0 N–H and O–H groups in total. The summed E-state index contributed by atoms with van der Waals surface area (Å²) < 4.78 is 5.61. The third-order valence-corrected chi connectivity index (χ3v) is 2.89. The highest BCUT2D eigenvalue weighted by atomic mass is 16.5. The van der Waals surface area contributed by atoms with Crippen molar-refractivity contribution in [3.63, 3.8) is 0 Å². The van der Waals surface area contributed by atoms with E-state index in [4.69, 9.17) is 4.74 Å². The lowest BCUT2D eigenvalue weighted by Crippen LogP contribution is -2.24. The van der Waals surface area contributed by atoms with Crippen LogP contribution in [0.1, 0.15) is 46.0 Å². The summed E-state index contributed by atoms with van der Waals surface area (Å²) in [5.74, 6) is 0.541. The molecule has 2 heteroatoms. The first kappa shape index (κ1) is 10.7. The van der Waals surface area contributed by atoms with Crippen LogP contribution >= 0.6 is 0 Å². The van der Waals surface area contributed by atoms with Gasteiger partial charge in [-0.25, -0.2) is 0 Å². The van der Waals surface area contributed by atoms with Crippen molar-refractivity contribution in [3.05, 3.63) is 0 Å². The minimum Gasteiger partial charge on any atom is -0.378 e. The average molecular weight is 184 g/mol. The van der Waals surface area contributed by atoms with E-state index < -0.39 is 0 Å². The van der Waals surface area contributed by atoms with Crippen LogP contribution in [-0.4, -0.2) is 18.5 Å². The van der Waals surface area contributed by atoms with Gasteiger partial charge in [-0.15, -0.1) is 0 Å². The molecule has 0 aromatic carbocycles. The summed E-state index contributed by atoms with van der Waals surface area (Å²) >= 11 is 0. The third-order valence-electron chi connectivity index (χ3n) is 2.89. The van der Waals surface area contributed by atoms with Crippen molar-refractivity contribution in [2.24, 2.45) is 5.92 Å². The van der Waals surface area contributed by atoms with E-state index in [0.29, 0.717) is 11.9 Å². The number of hydrogen-bond donors (Lipinski definition) is 0. The van der Waals surface area contributed by atoms with Gasteiger partial charge in [-0.1, -0.05) is 6.92 Å². The van der Waals surface area contributed by atoms with Gasteiger partial charge in [0.05, 0.1) is 6.10 Å². The summed E-state index contributed by atoms with van der Waals surface area (Å²) in [7, 11) is 0. The van der Waals surface area contributed by atoms with Crippen LogP contribution in [0.5, 0.6) is 0 Å². The molecule has 1 fully saturated rings. The van der Waals surface area contributed by atoms with Gasteiger partial charge in [0.2, 0.25) is 0 Å². The minimum absolute atomic E-state index is 0.225. The van der Waals surface area contributed by atoms with Crippen LogP contribution in [0.4, 0.5) is 0 Å². The fourth-order valence-electron chi connectivity index (χ4n) is 1.93. The number of rotatable bonds is 4. The number of carbonyl (C=O) groups is 1. The van der Waals surface area contributed by atoms with Crippen molar-refractivity contribution in [2.75, 3.05) is 6.61 Å². The van der Waals surface area contributed by atoms with E-state index in [-0.39, 0.29) is 5.92 Å². The Balaban J connectivity index is 2.31. The maximum atomic E-state index is 11.2. The quantitative estimate of drug-likeness (QED) is 0.671. The molecule has 0 amide bonds. The van der Waals surface area contributed by atoms with Gasteiger partial charge < -0.3 is 4.74 Å². The average Bonchev–Trinajstić information content (AvgIpc) is 2.15. The van der Waals surface area contributed by atoms with Crippen LogP contribution in [-0.2, 0) is 9.53 Å². The molecule has 2 unspecified atom stereocenters. The summed E-state index contributed by atoms with van der Waals surface area (Å²) in [6, 6.07) is 0. The maximum absolute atomic E-state index is 11.2. The van der Waals surface area contributed by atoms with Gasteiger partial charge in [0, 0.05) is 12.5 Å². The summed E-state index contributed by atoms with van der Waals surface area (Å²) in [6.07, 6.45) is 5.83. The Labute approximate surface area is 80.7 Å². The summed E-state index contributed by atoms with van der Waals surface area (Å²) in [6.45, 7) is 4.66. The molecule has 0 spiro atoms. The second-order valence-corrected chi connectivity index (χ2v) is 3.94. The predicted octanol–water partition coefficient (Wildman–Crippen LogP) is 2.56. The summed E-state index contributed by atoms with van der Waals surface area (Å²) in [5.41, 5.74) is 0. The predicted molar refractivity (Wildman–Crippen MR) is 52.7 cm³/mol. The van der Waals surface area contributed by atoms with Crippen molar-refractivity contribution in [2.45, 2.75) is 52.1 Å². The smallest absolute Gasteiger partial charge is 0.132 e. The first-order valence-corrected chi connectivity index (χ1v) is 5.36. The lowest BCUT2D eigenvalue weighted by molar-refractivity contribution is -0.122. The maximum Gasteiger partial charge on any atom is 0.132 e. The van der Waals surface area contributed by atoms with Crippen molar-refractivity contribution < 1.29 is 9.53 Å². The second kappa shape index (κ2) is 5.38. The van der Waals surface area contributed by atoms with E-state index in [1.54, 1.807) is 6.92 Å². The fourth-order valence-corrected chi connectivity index (χ4v) is 1.93. The molecule has 0 radical (unpaired) electrons. The number of Topliss-reactive ketones (excluding diaryl/α,β-unsaturated/α-hetero) is 1. The van der Waals surface area contributed by atoms with Crippen molar-refractivity contribution >= 4 is 5.78 Å². The number of ether oxygens (including phenoxy) is 1. The van der Waals surface area contributed by atoms with E-state index in [1.807, 2.05) is 0 Å². The summed E-state index contributed by atoms with van der Waals surface area (Å²) in [4.78, 5) is 11.2. The van der Waals surface area contributed by atoms with E-state index in [1.165, 1.54) is 12.8 Å². The molecule has 0 aromatic heterocycles. The largest absolute Gasteiger partial charge is 0.378 e. The Morgan fingerprint density at radius 1 is 1.54 bits per heavy atom. The van der Waals surface area contributed by atoms with Gasteiger partial charge in [0.1, 0.15) is 5.78 Å². The lowest BCUT2D eigenvalue weighted by Gasteiger charge is -2.25. The van der Waals surface area contributed by atoms with Crippen LogP contribution in [0.3, 0.4) is 0 Å². The van der Waals surface area contributed by atoms with Crippen LogP contribution in [0.2, 0.25) is 0 Å². The zero-order chi connectivity index (χ0) is 9.68. The number of ketones is 1. The standard InChI is InChI=1S/C11H20O2/c1-3-10(9(2)12)8-11-6-4-5-7-13-11/h10-11H,3-8H2,1-2H3. The van der Waals surface area contributed by atoms with Crippen molar-refractivity contribution in [3.8, 4) is 0 Å². The van der Waals surface area contributed by atoms with Crippen molar-refractivity contribution in [1.29, 1.82) is 0 Å². The lowest BCUT2D eigenvalue weighted by atomic mass is 9.92. The topological polar surface area (TPSA) is 26.3 Å². The number of hydrogen-bond acceptors (Lipinski definition) is 2. The van der Waals surface area contributed by atoms with Crippen LogP contribution in [0.25, 0.3) is 0 Å². The summed E-state index contributed by atoms with van der Waals surface area (Å²) in [5, 5.41) is 0. The fraction of sp³-hybridized carbons (Fsp3) is 0.909. The molecule has 0 saturated carbocycles. The highest BCUT2D eigenvalue weighted by Crippen LogP contribution is 2.21. The third kappa shape index (κ3) is 3.47. The Kier molecular flexibility index (Phi) is 4.43. The molecular formula is C11H20O2. The van der Waals surface area contributed by atoms with Gasteiger partial charge in [0.15, 0.2) is 0 Å². The molecule has 0 bridgehead atoms. The minimum atomic E-state index is 0.225. The molecule has 0 aromatic rings. The molecule has 1 saturated heterocycles. The Morgan fingerprint density at radius 2 is 2.31 bits per heavy atom. The highest BCUT2D eigenvalue weighted by Gasteiger charge is 2.20. The highest BCUT2D eigenvalue weighted by molar-refractivity contribution is 5.78. The Morgan fingerprint density at radius 3 is 2.77 bits per heavy atom. The zero-order valence-electron chi connectivity index (χ0n) is 8.71. The number of carbonyl (C=O) groups excluding carboxylic acids is 1. The normalized spacial score (nSPS) is 25.5. The van der Waals surface area contributed by atoms with E-state index in [2.05, 4.69) is 6.92 Å². The van der Waals surface area contributed by atoms with E-state index in [0.717, 1.165) is 25.9 Å².